The third kappa shape index (κ3) is 10.1. The molecule has 0 radical (unpaired) electrons. The largest absolute Gasteiger partial charge is 0.514 e. The molecular weight excluding hydrogens is 877 g/mol. The monoisotopic (exact) mass is 925 g/mol. The van der Waals surface area contributed by atoms with Crippen molar-refractivity contribution in [3.63, 3.8) is 0 Å². The second-order valence-corrected chi connectivity index (χ2v) is 16.4. The zero-order valence-electron chi connectivity index (χ0n) is 35.4. The van der Waals surface area contributed by atoms with Gasteiger partial charge in [0.2, 0.25) is 11.4 Å². The lowest BCUT2D eigenvalue weighted by atomic mass is 9.44. The molecule has 9 atom stereocenters. The van der Waals surface area contributed by atoms with E-state index < -0.39 is 124 Å². The third-order valence-corrected chi connectivity index (χ3v) is 12.9. The molecule has 1 aromatic carbocycles. The van der Waals surface area contributed by atoms with E-state index in [9.17, 15) is 64.5 Å². The van der Waals surface area contributed by atoms with Gasteiger partial charge in [-0.25, -0.2) is 14.0 Å². The summed E-state index contributed by atoms with van der Waals surface area (Å²) >= 11 is 0. The summed E-state index contributed by atoms with van der Waals surface area (Å²) in [6, 6.07) is 3.48. The van der Waals surface area contributed by atoms with Crippen LogP contribution in [0.3, 0.4) is 0 Å². The van der Waals surface area contributed by atoms with E-state index in [1.54, 1.807) is 6.92 Å². The normalized spacial score (nSPS) is 29.0. The molecule has 0 heterocycles. The van der Waals surface area contributed by atoms with Crippen molar-refractivity contribution in [2.24, 2.45) is 22.7 Å². The fourth-order valence-corrected chi connectivity index (χ4v) is 9.93. The molecule has 0 aromatic heterocycles. The van der Waals surface area contributed by atoms with Gasteiger partial charge in [-0.3, -0.25) is 14.4 Å². The molecule has 356 valence electrons. The Morgan fingerprint density at radius 1 is 0.923 bits per heavy atom. The highest BCUT2D eigenvalue weighted by molar-refractivity contribution is 6.01. The number of aliphatic hydroxyl groups excluding tert-OH is 2. The van der Waals surface area contributed by atoms with Crippen LogP contribution in [0.2, 0.25) is 0 Å². The summed E-state index contributed by atoms with van der Waals surface area (Å²) in [7, 11) is 1.18. The number of Topliss-reactive ketones (excluding diaryl/α,β-unsaturated/α-hetero) is 1. The predicted octanol–water partition coefficient (Wildman–Crippen LogP) is 3.50. The number of allylic oxidation sites excluding steroid dienone is 4. The number of aliphatic hydroxyl groups is 2. The van der Waals surface area contributed by atoms with Gasteiger partial charge in [0.05, 0.1) is 32.0 Å². The summed E-state index contributed by atoms with van der Waals surface area (Å²) in [5.74, 6) is -5.88. The number of unbranched alkanes of at least 4 members (excludes halogenated alkanes) is 1. The number of carbonyl (C=O) groups excluding carboxylic acids is 5. The third-order valence-electron chi connectivity index (χ3n) is 12.9. The number of benzene rings is 1. The Balaban J connectivity index is 1.28. The molecule has 3 unspecified atom stereocenters. The maximum absolute atomic E-state index is 17.8. The number of fused-ring (bicyclic) bond motifs is 5. The lowest BCUT2D eigenvalue weighted by Gasteiger charge is -2.62. The Kier molecular flexibility index (Phi) is 15.3. The minimum Gasteiger partial charge on any atom is -0.493 e. The Hall–Kier alpha value is -6.50. The molecule has 0 spiro atoms. The molecule has 0 aliphatic heterocycles. The van der Waals surface area contributed by atoms with Gasteiger partial charge in [0.15, 0.2) is 29.6 Å². The molecule has 3 saturated carbocycles. The van der Waals surface area contributed by atoms with Crippen molar-refractivity contribution in [3.8, 4) is 11.5 Å². The SMILES string of the molecule is COc1cc(C(=O)OCCCCC(CO[N+](=O)[O-])O[N+](=O)[O-])ccc1OC(=O)OCC(=O)[C@@]1(OC(=O)CCCO[N+](=O)[O-])[C@H](O)CC2C3CCC4=CC(=O)C=C[C@]4(C)[C@@]3(F)[C@@H](O)C[C@@]21C. The van der Waals surface area contributed by atoms with Crippen LogP contribution in [-0.2, 0) is 43.1 Å². The molecule has 4 aliphatic carbocycles. The van der Waals surface area contributed by atoms with Crippen LogP contribution in [0.5, 0.6) is 11.5 Å². The van der Waals surface area contributed by atoms with Crippen molar-refractivity contribution in [1.82, 2.24) is 0 Å². The van der Waals surface area contributed by atoms with Gasteiger partial charge < -0.3 is 48.4 Å². The summed E-state index contributed by atoms with van der Waals surface area (Å²) in [5.41, 5.74) is -7.66. The summed E-state index contributed by atoms with van der Waals surface area (Å²) < 4.78 is 44.5. The van der Waals surface area contributed by atoms with Crippen LogP contribution >= 0.6 is 0 Å². The number of nitrogens with zero attached hydrogens (tertiary/aromatic N) is 3. The van der Waals surface area contributed by atoms with Gasteiger partial charge in [-0.2, -0.15) is 0 Å². The average molecular weight is 926 g/mol. The van der Waals surface area contributed by atoms with E-state index >= 15 is 4.39 Å². The van der Waals surface area contributed by atoms with E-state index in [1.165, 1.54) is 38.3 Å². The predicted molar refractivity (Wildman–Crippen MR) is 210 cm³/mol. The van der Waals surface area contributed by atoms with E-state index in [-0.39, 0.29) is 74.4 Å². The Morgan fingerprint density at radius 3 is 2.32 bits per heavy atom. The second kappa shape index (κ2) is 20.1. The molecule has 0 amide bonds. The number of halogens is 1. The number of methoxy groups -OCH3 is 1. The zero-order valence-corrected chi connectivity index (χ0v) is 35.4. The van der Waals surface area contributed by atoms with Crippen LogP contribution < -0.4 is 9.47 Å². The quantitative estimate of drug-likeness (QED) is 0.0419. The lowest BCUT2D eigenvalue weighted by Crippen LogP contribution is -2.70. The number of hydrogen-bond acceptors (Lipinski definition) is 21. The van der Waals surface area contributed by atoms with Crippen LogP contribution in [0.25, 0.3) is 0 Å². The molecule has 4 aliphatic rings. The maximum atomic E-state index is 17.8. The maximum Gasteiger partial charge on any atom is 0.514 e. The van der Waals surface area contributed by atoms with Crippen molar-refractivity contribution >= 4 is 29.7 Å². The Bertz CT molecular complexity index is 2120. The van der Waals surface area contributed by atoms with Gasteiger partial charge in [-0.15, -0.1) is 30.3 Å². The first-order chi connectivity index (χ1) is 30.6. The highest BCUT2D eigenvalue weighted by Gasteiger charge is 2.78. The van der Waals surface area contributed by atoms with Crippen LogP contribution in [0.4, 0.5) is 9.18 Å². The molecule has 0 saturated heterocycles. The summed E-state index contributed by atoms with van der Waals surface area (Å²) in [6.45, 7) is 0.475. The lowest BCUT2D eigenvalue weighted by molar-refractivity contribution is -0.790. The van der Waals surface area contributed by atoms with Gasteiger partial charge >= 0.3 is 18.1 Å². The number of carbonyl (C=O) groups is 5. The molecule has 2 N–H and O–H groups in total. The second-order valence-electron chi connectivity index (χ2n) is 16.4. The zero-order chi connectivity index (χ0) is 47.9. The standard InChI is InChI=1S/C40H48FN3O21/c1-37-14-13-25(45)18-24(37)10-11-27-28-19-31(46)40(38(28,2)20-32(47)39(27,37)41,64-34(49)8-6-16-61-42(52)53)33(48)22-60-36(51)63-29-12-9-23(17-30(29)58-3)35(50)59-15-5-4-7-26(65-44(56)57)21-62-43(54)55/h9,12-14,17-18,26-28,31-32,46-47H,4-8,10-11,15-16,19-22H2,1-3H3/t26?,27?,28?,31-,32+,37+,38+,39+,40+/m1/s1. The number of esters is 2. The van der Waals surface area contributed by atoms with Gasteiger partial charge in [0.25, 0.3) is 15.3 Å². The number of alkyl halides is 1. The summed E-state index contributed by atoms with van der Waals surface area (Å²) in [4.78, 5) is 110. The highest BCUT2D eigenvalue weighted by atomic mass is 19.1. The molecule has 5 rings (SSSR count). The van der Waals surface area contributed by atoms with Gasteiger partial charge in [-0.1, -0.05) is 18.6 Å². The first kappa shape index (κ1) is 49.5. The minimum absolute atomic E-state index is 0.0332. The first-order valence-electron chi connectivity index (χ1n) is 20.4. The van der Waals surface area contributed by atoms with E-state index in [1.807, 2.05) is 0 Å². The van der Waals surface area contributed by atoms with Crippen LogP contribution in [0.15, 0.2) is 42.0 Å². The fraction of sp³-hybridized carbons (Fsp3) is 0.625. The molecule has 25 heteroatoms. The van der Waals surface area contributed by atoms with E-state index in [4.69, 9.17) is 23.7 Å². The van der Waals surface area contributed by atoms with Crippen molar-refractivity contribution in [2.45, 2.75) is 101 Å². The summed E-state index contributed by atoms with van der Waals surface area (Å²) in [5, 5.41) is 52.0. The minimum atomic E-state index is -2.55. The topological polar surface area (TPSA) is 329 Å². The van der Waals surface area contributed by atoms with Gasteiger partial charge in [-0.05, 0) is 94.6 Å². The molecule has 3 fully saturated rings. The van der Waals surface area contributed by atoms with Crippen molar-refractivity contribution < 1.29 is 92.0 Å². The number of hydrogen-bond donors (Lipinski definition) is 2. The molecule has 1 aromatic rings. The molecule has 24 nitrogen and oxygen atoms in total. The van der Waals surface area contributed by atoms with Crippen LogP contribution in [0, 0.1) is 53.0 Å². The molecular formula is C40H48FN3O21. The van der Waals surface area contributed by atoms with Gasteiger partial charge in [0, 0.05) is 23.2 Å². The summed E-state index contributed by atoms with van der Waals surface area (Å²) in [6.07, 6.45) is -3.34. The van der Waals surface area contributed by atoms with Crippen molar-refractivity contribution in [1.29, 1.82) is 0 Å². The van der Waals surface area contributed by atoms with E-state index in [0.717, 1.165) is 12.1 Å². The average Bonchev–Trinajstić information content (AvgIpc) is 3.45. The Morgan fingerprint density at radius 2 is 1.65 bits per heavy atom. The number of rotatable bonds is 22. The van der Waals surface area contributed by atoms with E-state index in [0.29, 0.717) is 5.57 Å². The highest BCUT2D eigenvalue weighted by Crippen LogP contribution is 2.70. The fourth-order valence-electron chi connectivity index (χ4n) is 9.93. The van der Waals surface area contributed by atoms with Crippen molar-refractivity contribution in [2.75, 3.05) is 33.5 Å². The smallest absolute Gasteiger partial charge is 0.493 e. The Labute approximate surface area is 368 Å². The molecule has 0 bridgehead atoms. The molecule has 65 heavy (non-hydrogen) atoms. The van der Waals surface area contributed by atoms with Gasteiger partial charge in [0.1, 0.15) is 18.8 Å². The van der Waals surface area contributed by atoms with E-state index in [2.05, 4.69) is 14.5 Å². The first-order valence-corrected chi connectivity index (χ1v) is 20.4. The number of ether oxygens (including phenoxy) is 5. The van der Waals surface area contributed by atoms with Crippen LogP contribution in [0.1, 0.15) is 82.0 Å². The number of ketones is 2. The van der Waals surface area contributed by atoms with Crippen LogP contribution in [-0.4, -0.2) is 118 Å². The van der Waals surface area contributed by atoms with Crippen molar-refractivity contribution in [3.05, 3.63) is 77.9 Å².